The second-order valence-electron chi connectivity index (χ2n) is 4.16. The molecule has 90 valence electrons. The van der Waals surface area contributed by atoms with Crippen LogP contribution in [-0.4, -0.2) is 15.6 Å². The molecule has 0 amide bonds. The Labute approximate surface area is 99.7 Å². The molecule has 1 aromatic carbocycles. The van der Waals surface area contributed by atoms with Gasteiger partial charge in [-0.15, -0.1) is 0 Å². The van der Waals surface area contributed by atoms with Crippen LogP contribution in [-0.2, 0) is 11.3 Å². The second kappa shape index (κ2) is 4.22. The number of nitrogens with two attached hydrogens (primary N) is 1. The highest BCUT2D eigenvalue weighted by atomic mass is 16.4. The number of nitrogens with zero attached hydrogens (tertiary/aromatic N) is 1. The number of rotatable bonds is 3. The minimum absolute atomic E-state index is 0.679. The number of carboxylic acids is 1. The first-order valence-corrected chi connectivity index (χ1v) is 5.63. The molecular formula is C13H16N2O2. The van der Waals surface area contributed by atoms with Gasteiger partial charge in [0.05, 0.1) is 5.52 Å². The van der Waals surface area contributed by atoms with E-state index in [2.05, 4.69) is 0 Å². The van der Waals surface area contributed by atoms with E-state index in [0.29, 0.717) is 5.56 Å². The number of hydrogen-bond donors (Lipinski definition) is 2. The van der Waals surface area contributed by atoms with Gasteiger partial charge in [0.1, 0.15) is 6.04 Å². The molecule has 1 atom stereocenters. The van der Waals surface area contributed by atoms with Crippen LogP contribution in [0.25, 0.3) is 10.9 Å². The number of carboxylic acid groups (broad SMARTS) is 1. The van der Waals surface area contributed by atoms with Crippen molar-refractivity contribution in [2.24, 2.45) is 5.73 Å². The van der Waals surface area contributed by atoms with Crippen LogP contribution >= 0.6 is 0 Å². The summed E-state index contributed by atoms with van der Waals surface area (Å²) in [5, 5.41) is 9.94. The monoisotopic (exact) mass is 232 g/mol. The van der Waals surface area contributed by atoms with Crippen molar-refractivity contribution >= 4 is 16.9 Å². The van der Waals surface area contributed by atoms with Crippen molar-refractivity contribution in [3.63, 3.8) is 0 Å². The fraction of sp³-hybridized carbons (Fsp3) is 0.308. The topological polar surface area (TPSA) is 68.2 Å². The zero-order chi connectivity index (χ0) is 12.6. The highest BCUT2D eigenvalue weighted by Crippen LogP contribution is 2.28. The van der Waals surface area contributed by atoms with Crippen molar-refractivity contribution in [2.45, 2.75) is 26.4 Å². The van der Waals surface area contributed by atoms with Crippen molar-refractivity contribution in [1.29, 1.82) is 0 Å². The van der Waals surface area contributed by atoms with Gasteiger partial charge in [0.15, 0.2) is 0 Å². The van der Waals surface area contributed by atoms with Gasteiger partial charge in [-0.3, -0.25) is 4.79 Å². The van der Waals surface area contributed by atoms with Crippen LogP contribution in [0.15, 0.2) is 24.4 Å². The molecule has 17 heavy (non-hydrogen) atoms. The summed E-state index contributed by atoms with van der Waals surface area (Å²) in [5.41, 5.74) is 8.59. The fourth-order valence-electron chi connectivity index (χ4n) is 2.21. The standard InChI is InChI=1S/C13H16N2O2/c1-3-15-7-10(11(14)13(16)17)9-6-4-5-8(2)12(9)15/h4-7,11H,3,14H2,1-2H3,(H,16,17). The molecule has 0 spiro atoms. The molecule has 0 aliphatic carbocycles. The van der Waals surface area contributed by atoms with Crippen molar-refractivity contribution < 1.29 is 9.90 Å². The average molecular weight is 232 g/mol. The molecule has 0 fully saturated rings. The fourth-order valence-corrected chi connectivity index (χ4v) is 2.21. The third-order valence-electron chi connectivity index (χ3n) is 3.07. The van der Waals surface area contributed by atoms with Crippen LogP contribution in [0.3, 0.4) is 0 Å². The number of fused-ring (bicyclic) bond motifs is 1. The van der Waals surface area contributed by atoms with Crippen molar-refractivity contribution in [3.05, 3.63) is 35.5 Å². The molecule has 4 heteroatoms. The zero-order valence-corrected chi connectivity index (χ0v) is 9.97. The average Bonchev–Trinajstić information content (AvgIpc) is 2.68. The van der Waals surface area contributed by atoms with E-state index in [1.54, 1.807) is 0 Å². The van der Waals surface area contributed by atoms with Gasteiger partial charge in [0.25, 0.3) is 0 Å². The molecule has 0 bridgehead atoms. The van der Waals surface area contributed by atoms with Crippen LogP contribution in [0.5, 0.6) is 0 Å². The summed E-state index contributed by atoms with van der Waals surface area (Å²) < 4.78 is 2.04. The number of para-hydroxylation sites is 1. The maximum absolute atomic E-state index is 11.0. The molecule has 3 N–H and O–H groups in total. The first-order chi connectivity index (χ1) is 8.06. The Morgan fingerprint density at radius 3 is 2.82 bits per heavy atom. The van der Waals surface area contributed by atoms with E-state index in [1.807, 2.05) is 42.8 Å². The normalized spacial score (nSPS) is 12.9. The molecule has 2 rings (SSSR count). The van der Waals surface area contributed by atoms with Crippen molar-refractivity contribution in [2.75, 3.05) is 0 Å². The molecule has 1 unspecified atom stereocenters. The number of carbonyl (C=O) groups is 1. The number of aryl methyl sites for hydroxylation is 2. The van der Waals surface area contributed by atoms with Gasteiger partial charge in [0.2, 0.25) is 0 Å². The van der Waals surface area contributed by atoms with Crippen LogP contribution in [0.4, 0.5) is 0 Å². The SMILES string of the molecule is CCn1cc(C(N)C(=O)O)c2cccc(C)c21. The Morgan fingerprint density at radius 2 is 2.24 bits per heavy atom. The van der Waals surface area contributed by atoms with E-state index >= 15 is 0 Å². The molecule has 1 aromatic heterocycles. The minimum atomic E-state index is -0.998. The lowest BCUT2D eigenvalue weighted by Gasteiger charge is -2.04. The van der Waals surface area contributed by atoms with E-state index < -0.39 is 12.0 Å². The van der Waals surface area contributed by atoms with Crippen LogP contribution in [0.1, 0.15) is 24.1 Å². The van der Waals surface area contributed by atoms with E-state index in [-0.39, 0.29) is 0 Å². The van der Waals surface area contributed by atoms with E-state index in [9.17, 15) is 4.79 Å². The lowest BCUT2D eigenvalue weighted by Crippen LogP contribution is -2.20. The predicted molar refractivity (Wildman–Crippen MR) is 66.9 cm³/mol. The molecule has 1 heterocycles. The summed E-state index contributed by atoms with van der Waals surface area (Å²) in [6.45, 7) is 4.85. The zero-order valence-electron chi connectivity index (χ0n) is 9.97. The largest absolute Gasteiger partial charge is 0.480 e. The quantitative estimate of drug-likeness (QED) is 0.851. The molecular weight excluding hydrogens is 216 g/mol. The smallest absolute Gasteiger partial charge is 0.325 e. The molecule has 0 aliphatic heterocycles. The Bertz CT molecular complexity index is 572. The Balaban J connectivity index is 2.74. The molecule has 0 saturated heterocycles. The molecule has 4 nitrogen and oxygen atoms in total. The van der Waals surface area contributed by atoms with Gasteiger partial charge in [-0.05, 0) is 19.4 Å². The number of aromatic nitrogens is 1. The maximum Gasteiger partial charge on any atom is 0.325 e. The summed E-state index contributed by atoms with van der Waals surface area (Å²) in [6.07, 6.45) is 1.84. The van der Waals surface area contributed by atoms with Crippen LogP contribution < -0.4 is 5.73 Å². The molecule has 0 aliphatic rings. The van der Waals surface area contributed by atoms with Gasteiger partial charge in [-0.25, -0.2) is 0 Å². The van der Waals surface area contributed by atoms with Gasteiger partial charge in [-0.2, -0.15) is 0 Å². The van der Waals surface area contributed by atoms with Crippen LogP contribution in [0, 0.1) is 6.92 Å². The van der Waals surface area contributed by atoms with E-state index in [1.165, 1.54) is 0 Å². The molecule has 0 radical (unpaired) electrons. The first-order valence-electron chi connectivity index (χ1n) is 5.63. The van der Waals surface area contributed by atoms with E-state index in [0.717, 1.165) is 23.0 Å². The molecule has 0 saturated carbocycles. The highest BCUT2D eigenvalue weighted by Gasteiger charge is 2.20. The number of aliphatic carboxylic acids is 1. The maximum atomic E-state index is 11.0. The van der Waals surface area contributed by atoms with Crippen LogP contribution in [0.2, 0.25) is 0 Å². The lowest BCUT2D eigenvalue weighted by molar-refractivity contribution is -0.138. The molecule has 2 aromatic rings. The summed E-state index contributed by atoms with van der Waals surface area (Å²) >= 11 is 0. The summed E-state index contributed by atoms with van der Waals surface area (Å²) in [5.74, 6) is -0.998. The van der Waals surface area contributed by atoms with Crippen molar-refractivity contribution in [1.82, 2.24) is 4.57 Å². The van der Waals surface area contributed by atoms with Crippen molar-refractivity contribution in [3.8, 4) is 0 Å². The minimum Gasteiger partial charge on any atom is -0.480 e. The Kier molecular flexibility index (Phi) is 2.90. The number of benzene rings is 1. The second-order valence-corrected chi connectivity index (χ2v) is 4.16. The van der Waals surface area contributed by atoms with Gasteiger partial charge in [0, 0.05) is 23.7 Å². The lowest BCUT2D eigenvalue weighted by atomic mass is 10.1. The third-order valence-corrected chi connectivity index (χ3v) is 3.07. The summed E-state index contributed by atoms with van der Waals surface area (Å²) in [4.78, 5) is 11.0. The first kappa shape index (κ1) is 11.7. The van der Waals surface area contributed by atoms with Gasteiger partial charge < -0.3 is 15.4 Å². The number of hydrogen-bond acceptors (Lipinski definition) is 2. The van der Waals surface area contributed by atoms with Gasteiger partial charge in [-0.1, -0.05) is 18.2 Å². The Hall–Kier alpha value is -1.81. The predicted octanol–water partition coefficient (Wildman–Crippen LogP) is 2.05. The third kappa shape index (κ3) is 1.80. The van der Waals surface area contributed by atoms with E-state index in [4.69, 9.17) is 10.8 Å². The van der Waals surface area contributed by atoms with Gasteiger partial charge >= 0.3 is 5.97 Å². The Morgan fingerprint density at radius 1 is 1.53 bits per heavy atom. The highest BCUT2D eigenvalue weighted by molar-refractivity contribution is 5.91. The summed E-state index contributed by atoms with van der Waals surface area (Å²) in [6, 6.07) is 4.90. The summed E-state index contributed by atoms with van der Waals surface area (Å²) in [7, 11) is 0.